The summed E-state index contributed by atoms with van der Waals surface area (Å²) in [4.78, 5) is 21.7. The van der Waals surface area contributed by atoms with E-state index in [2.05, 4.69) is 0 Å². The van der Waals surface area contributed by atoms with Crippen molar-refractivity contribution in [2.24, 2.45) is 0 Å². The van der Waals surface area contributed by atoms with Gasteiger partial charge in [0.05, 0.1) is 9.79 Å². The van der Waals surface area contributed by atoms with E-state index in [0.29, 0.717) is 5.56 Å². The van der Waals surface area contributed by atoms with Crippen LogP contribution in [-0.2, 0) is 25.8 Å². The smallest absolute Gasteiger partial charge is 0.471 e. The number of ether oxygens (including phenoxy) is 2. The third-order valence-corrected chi connectivity index (χ3v) is 5.78. The van der Waals surface area contributed by atoms with Crippen LogP contribution in [0, 0.1) is 0 Å². The third-order valence-electron chi connectivity index (χ3n) is 4.02. The lowest BCUT2D eigenvalue weighted by Crippen LogP contribution is -2.37. The molecule has 12 heteroatoms. The van der Waals surface area contributed by atoms with Gasteiger partial charge in [0.15, 0.2) is 6.79 Å². The van der Waals surface area contributed by atoms with Crippen molar-refractivity contribution in [3.05, 3.63) is 53.6 Å². The standard InChI is InChI=1S/C19H18F3NO7S/c1-29-11-30-16-10-14(6-7-15(16)17(24)25)31(27,28)13-4-2-12(3-5-13)8-9-23-18(26)19(20,21)22/h2-7,10H,8-9,11H2,1H3,(H,23,26)(H,24,25). The highest BCUT2D eigenvalue weighted by Gasteiger charge is 2.38. The highest BCUT2D eigenvalue weighted by Crippen LogP contribution is 2.28. The molecule has 2 N–H and O–H groups in total. The Kier molecular flexibility index (Phi) is 7.63. The molecular weight excluding hydrogens is 443 g/mol. The lowest BCUT2D eigenvalue weighted by Gasteiger charge is -2.11. The molecule has 2 aromatic rings. The highest BCUT2D eigenvalue weighted by molar-refractivity contribution is 7.91. The number of carboxylic acid groups (broad SMARTS) is 1. The van der Waals surface area contributed by atoms with Gasteiger partial charge in [-0.05, 0) is 36.2 Å². The molecule has 8 nitrogen and oxygen atoms in total. The molecule has 0 aliphatic rings. The Hall–Kier alpha value is -3.12. The minimum atomic E-state index is -4.97. The van der Waals surface area contributed by atoms with Crippen LogP contribution in [0.3, 0.4) is 0 Å². The summed E-state index contributed by atoms with van der Waals surface area (Å²) in [7, 11) is -2.71. The number of rotatable bonds is 9. The molecule has 0 heterocycles. The number of nitrogens with one attached hydrogen (secondary N) is 1. The van der Waals surface area contributed by atoms with Crippen molar-refractivity contribution in [3.8, 4) is 5.75 Å². The van der Waals surface area contributed by atoms with Gasteiger partial charge >= 0.3 is 18.1 Å². The molecule has 0 spiro atoms. The zero-order chi connectivity index (χ0) is 23.2. The van der Waals surface area contributed by atoms with Gasteiger partial charge in [-0.15, -0.1) is 0 Å². The number of carboxylic acids is 1. The van der Waals surface area contributed by atoms with Crippen LogP contribution in [0.5, 0.6) is 5.75 Å². The number of hydrogen-bond acceptors (Lipinski definition) is 6. The van der Waals surface area contributed by atoms with E-state index < -0.39 is 27.9 Å². The van der Waals surface area contributed by atoms with E-state index in [0.717, 1.165) is 18.2 Å². The summed E-state index contributed by atoms with van der Waals surface area (Å²) in [6.07, 6.45) is -4.91. The van der Waals surface area contributed by atoms with E-state index in [-0.39, 0.29) is 40.9 Å². The largest absolute Gasteiger partial charge is 0.478 e. The molecule has 0 unspecified atom stereocenters. The van der Waals surface area contributed by atoms with Crippen molar-refractivity contribution in [2.75, 3.05) is 20.4 Å². The second-order valence-corrected chi connectivity index (χ2v) is 8.11. The number of carbonyl (C=O) groups excluding carboxylic acids is 1. The Bertz CT molecular complexity index is 1050. The first-order chi connectivity index (χ1) is 14.5. The third kappa shape index (κ3) is 6.18. The summed E-state index contributed by atoms with van der Waals surface area (Å²) < 4.78 is 72.0. The number of sulfone groups is 1. The van der Waals surface area contributed by atoms with Gasteiger partial charge < -0.3 is 19.9 Å². The maximum absolute atomic E-state index is 12.8. The average molecular weight is 461 g/mol. The lowest BCUT2D eigenvalue weighted by atomic mass is 10.1. The van der Waals surface area contributed by atoms with Crippen molar-refractivity contribution >= 4 is 21.7 Å². The SMILES string of the molecule is COCOc1cc(S(=O)(=O)c2ccc(CCNC(=O)C(F)(F)F)cc2)ccc1C(=O)O. The molecule has 0 saturated carbocycles. The van der Waals surface area contributed by atoms with Gasteiger partial charge in [-0.3, -0.25) is 4.79 Å². The normalized spacial score (nSPS) is 11.7. The van der Waals surface area contributed by atoms with Gasteiger partial charge in [-0.1, -0.05) is 12.1 Å². The average Bonchev–Trinajstić information content (AvgIpc) is 2.71. The molecule has 2 rings (SSSR count). The van der Waals surface area contributed by atoms with Gasteiger partial charge in [0, 0.05) is 19.7 Å². The predicted octanol–water partition coefficient (Wildman–Crippen LogP) is 2.42. The lowest BCUT2D eigenvalue weighted by molar-refractivity contribution is -0.173. The number of aromatic carboxylic acids is 1. The first-order valence-corrected chi connectivity index (χ1v) is 10.1. The van der Waals surface area contributed by atoms with E-state index in [9.17, 15) is 36.3 Å². The topological polar surface area (TPSA) is 119 Å². The number of halogens is 3. The molecule has 31 heavy (non-hydrogen) atoms. The van der Waals surface area contributed by atoms with E-state index in [1.54, 1.807) is 5.32 Å². The van der Waals surface area contributed by atoms with Crippen LogP contribution in [0.25, 0.3) is 0 Å². The molecular formula is C19H18F3NO7S. The second-order valence-electron chi connectivity index (χ2n) is 6.17. The summed E-state index contributed by atoms with van der Waals surface area (Å²) in [5, 5.41) is 10.9. The van der Waals surface area contributed by atoms with E-state index in [1.165, 1.54) is 31.4 Å². The highest BCUT2D eigenvalue weighted by atomic mass is 32.2. The summed E-state index contributed by atoms with van der Waals surface area (Å²) >= 11 is 0. The number of hydrogen-bond donors (Lipinski definition) is 2. The molecule has 0 aliphatic heterocycles. The van der Waals surface area contributed by atoms with Crippen LogP contribution < -0.4 is 10.1 Å². The van der Waals surface area contributed by atoms with Gasteiger partial charge in [0.2, 0.25) is 9.84 Å². The van der Waals surface area contributed by atoms with Gasteiger partial charge in [0.1, 0.15) is 11.3 Å². The van der Waals surface area contributed by atoms with Crippen molar-refractivity contribution in [2.45, 2.75) is 22.4 Å². The Morgan fingerprint density at radius 1 is 1.06 bits per heavy atom. The Balaban J connectivity index is 2.18. The summed E-state index contributed by atoms with van der Waals surface area (Å²) in [6, 6.07) is 8.62. The van der Waals surface area contributed by atoms with Crippen molar-refractivity contribution < 1.29 is 45.8 Å². The van der Waals surface area contributed by atoms with E-state index in [1.807, 2.05) is 0 Å². The fourth-order valence-electron chi connectivity index (χ4n) is 2.48. The van der Waals surface area contributed by atoms with Crippen molar-refractivity contribution in [1.82, 2.24) is 5.32 Å². The van der Waals surface area contributed by atoms with Crippen LogP contribution in [0.1, 0.15) is 15.9 Å². The fourth-order valence-corrected chi connectivity index (χ4v) is 3.76. The minimum absolute atomic E-state index is 0.0600. The molecule has 0 aliphatic carbocycles. The Morgan fingerprint density at radius 3 is 2.23 bits per heavy atom. The molecule has 0 saturated heterocycles. The van der Waals surface area contributed by atoms with Crippen LogP contribution >= 0.6 is 0 Å². The Labute approximate surface area is 175 Å². The molecule has 1 amide bonds. The molecule has 0 aromatic heterocycles. The summed E-state index contributed by atoms with van der Waals surface area (Å²) in [5.74, 6) is -3.55. The van der Waals surface area contributed by atoms with Gasteiger partial charge in [-0.25, -0.2) is 13.2 Å². The number of benzene rings is 2. The first kappa shape index (κ1) is 24.2. The maximum Gasteiger partial charge on any atom is 0.471 e. The number of alkyl halides is 3. The van der Waals surface area contributed by atoms with Crippen molar-refractivity contribution in [3.63, 3.8) is 0 Å². The quantitative estimate of drug-likeness (QED) is 0.551. The van der Waals surface area contributed by atoms with Crippen molar-refractivity contribution in [1.29, 1.82) is 0 Å². The summed E-state index contributed by atoms with van der Waals surface area (Å²) in [6.45, 7) is -0.565. The van der Waals surface area contributed by atoms with E-state index >= 15 is 0 Å². The second kappa shape index (κ2) is 9.79. The van der Waals surface area contributed by atoms with Gasteiger partial charge in [-0.2, -0.15) is 13.2 Å². The Morgan fingerprint density at radius 2 is 1.68 bits per heavy atom. The van der Waals surface area contributed by atoms with Crippen LogP contribution in [-0.4, -0.2) is 52.0 Å². The fraction of sp³-hybridized carbons (Fsp3) is 0.263. The monoisotopic (exact) mass is 461 g/mol. The zero-order valence-corrected chi connectivity index (χ0v) is 16.9. The minimum Gasteiger partial charge on any atom is -0.478 e. The molecule has 168 valence electrons. The zero-order valence-electron chi connectivity index (χ0n) is 16.1. The van der Waals surface area contributed by atoms with Gasteiger partial charge in [0.25, 0.3) is 0 Å². The number of carbonyl (C=O) groups is 2. The molecule has 0 radical (unpaired) electrons. The van der Waals surface area contributed by atoms with E-state index in [4.69, 9.17) is 9.47 Å². The molecule has 0 atom stereocenters. The number of amides is 1. The molecule has 0 fully saturated rings. The first-order valence-electron chi connectivity index (χ1n) is 8.65. The predicted molar refractivity (Wildman–Crippen MR) is 101 cm³/mol. The molecule has 2 aromatic carbocycles. The number of methoxy groups -OCH3 is 1. The van der Waals surface area contributed by atoms with Crippen LogP contribution in [0.2, 0.25) is 0 Å². The van der Waals surface area contributed by atoms with Crippen LogP contribution in [0.15, 0.2) is 52.3 Å². The summed E-state index contributed by atoms with van der Waals surface area (Å²) in [5.41, 5.74) is 0.263. The maximum atomic E-state index is 12.8. The molecule has 0 bridgehead atoms. The van der Waals surface area contributed by atoms with Crippen LogP contribution in [0.4, 0.5) is 13.2 Å².